The van der Waals surface area contributed by atoms with Crippen molar-refractivity contribution in [3.63, 3.8) is 0 Å². The molecule has 0 bridgehead atoms. The third-order valence-corrected chi connectivity index (χ3v) is 7.02. The molecule has 4 rings (SSSR count). The molecular weight excluding hydrogens is 508 g/mol. The number of carboxylic acids is 1. The van der Waals surface area contributed by atoms with Gasteiger partial charge in [0.25, 0.3) is 0 Å². The van der Waals surface area contributed by atoms with Crippen LogP contribution in [0.25, 0.3) is 11.3 Å². The predicted octanol–water partition coefficient (Wildman–Crippen LogP) is 4.39. The van der Waals surface area contributed by atoms with E-state index in [1.165, 1.54) is 27.4 Å². The normalized spacial score (nSPS) is 11.4. The van der Waals surface area contributed by atoms with Crippen molar-refractivity contribution in [1.82, 2.24) is 4.57 Å². The lowest BCUT2D eigenvalue weighted by Crippen LogP contribution is -2.47. The molecule has 206 valence electrons. The van der Waals surface area contributed by atoms with E-state index in [1.54, 1.807) is 18.7 Å². The number of ether oxygens (including phenoxy) is 2. The Kier molecular flexibility index (Phi) is 12.2. The number of nitrogens with zero attached hydrogens (tertiary/aromatic N) is 1. The zero-order valence-electron chi connectivity index (χ0n) is 23.0. The Hall–Kier alpha value is -3.52. The molecule has 7 heteroatoms. The Morgan fingerprint density at radius 1 is 0.949 bits per heavy atom. The second-order valence-electron chi connectivity index (χ2n) is 8.94. The zero-order chi connectivity index (χ0) is 28.0. The zero-order valence-corrected chi connectivity index (χ0v) is 23.8. The summed E-state index contributed by atoms with van der Waals surface area (Å²) >= 11 is 1.74. The van der Waals surface area contributed by atoms with Crippen LogP contribution in [0.1, 0.15) is 23.7 Å². The van der Waals surface area contributed by atoms with Crippen LogP contribution in [-0.4, -0.2) is 36.1 Å². The quantitative estimate of drug-likeness (QED) is 0.266. The van der Waals surface area contributed by atoms with Gasteiger partial charge in [-0.25, -0.2) is 0 Å². The van der Waals surface area contributed by atoms with E-state index in [0.717, 1.165) is 24.4 Å². The van der Waals surface area contributed by atoms with Crippen LogP contribution in [0.5, 0.6) is 5.75 Å². The maximum Gasteiger partial charge on any atom is 0.119 e. The first-order valence-electron chi connectivity index (χ1n) is 13.1. The van der Waals surface area contributed by atoms with E-state index in [-0.39, 0.29) is 6.42 Å². The minimum Gasteiger partial charge on any atom is -0.547 e. The van der Waals surface area contributed by atoms with Gasteiger partial charge in [0, 0.05) is 34.9 Å². The number of carboxylic acid groups (broad SMARTS) is 1. The summed E-state index contributed by atoms with van der Waals surface area (Å²) in [5.74, 6) is -0.441. The number of hydrogen-bond acceptors (Lipinski definition) is 5. The average molecular weight is 547 g/mol. The van der Waals surface area contributed by atoms with Gasteiger partial charge in [0.2, 0.25) is 0 Å². The summed E-state index contributed by atoms with van der Waals surface area (Å²) in [7, 11) is 0. The van der Waals surface area contributed by atoms with Gasteiger partial charge in [0.15, 0.2) is 0 Å². The summed E-state index contributed by atoms with van der Waals surface area (Å²) in [6, 6.07) is 30.5. The molecule has 0 spiro atoms. The van der Waals surface area contributed by atoms with Gasteiger partial charge in [-0.1, -0.05) is 54.6 Å². The number of rotatable bonds is 12. The van der Waals surface area contributed by atoms with Crippen molar-refractivity contribution < 1.29 is 25.1 Å². The van der Waals surface area contributed by atoms with Crippen molar-refractivity contribution >= 4 is 17.7 Å². The highest BCUT2D eigenvalue weighted by Gasteiger charge is 2.11. The van der Waals surface area contributed by atoms with Crippen LogP contribution in [-0.2, 0) is 29.0 Å². The summed E-state index contributed by atoms with van der Waals surface area (Å²) in [5.41, 5.74) is 9.47. The third-order valence-electron chi connectivity index (χ3n) is 6.28. The monoisotopic (exact) mass is 546 g/mol. The molecule has 0 aliphatic rings. The van der Waals surface area contributed by atoms with Crippen molar-refractivity contribution in [2.24, 2.45) is 0 Å². The van der Waals surface area contributed by atoms with Crippen LogP contribution in [0.3, 0.4) is 0 Å². The predicted molar refractivity (Wildman–Crippen MR) is 155 cm³/mol. The molecular formula is C32H38N2O4S. The first-order valence-corrected chi connectivity index (χ1v) is 14.4. The fraction of sp³-hybridized carbons (Fsp3) is 0.281. The lowest BCUT2D eigenvalue weighted by atomic mass is 10.1. The molecule has 4 aromatic rings. The smallest absolute Gasteiger partial charge is 0.119 e. The van der Waals surface area contributed by atoms with Gasteiger partial charge in [-0.3, -0.25) is 0 Å². The standard InChI is InChI=1S/C25H29NO4S.C7H9N/c1-4-29-24(25(27)28)17-19-6-10-21(11-7-19)30-16-15-26-18(2)5-14-23(26)20-8-12-22(31-3)13-9-20;8-6-7-4-2-1-3-5-7/h5-14,24H,4,15-17H2,1-3H3,(H,27,28);1-5H,6,8H2/t24-;/m0./s1. The molecule has 1 heterocycles. The molecule has 0 fully saturated rings. The number of carbonyl (C=O) groups is 1. The van der Waals surface area contributed by atoms with Gasteiger partial charge in [-0.05, 0) is 67.6 Å². The van der Waals surface area contributed by atoms with Crippen LogP contribution >= 0.6 is 11.8 Å². The molecule has 0 radical (unpaired) electrons. The Morgan fingerprint density at radius 2 is 1.64 bits per heavy atom. The number of benzene rings is 3. The Morgan fingerprint density at radius 3 is 2.21 bits per heavy atom. The molecule has 1 atom stereocenters. The van der Waals surface area contributed by atoms with Crippen molar-refractivity contribution in [2.75, 3.05) is 19.5 Å². The molecule has 6 nitrogen and oxygen atoms in total. The number of aryl methyl sites for hydroxylation is 1. The molecule has 0 aliphatic heterocycles. The maximum atomic E-state index is 11.1. The Balaban J connectivity index is 0.000000449. The van der Waals surface area contributed by atoms with Gasteiger partial charge in [0.1, 0.15) is 18.5 Å². The van der Waals surface area contributed by atoms with Crippen molar-refractivity contribution in [3.8, 4) is 17.0 Å². The lowest BCUT2D eigenvalue weighted by Gasteiger charge is -2.18. The largest absolute Gasteiger partial charge is 0.547 e. The van der Waals surface area contributed by atoms with Crippen LogP contribution in [0.15, 0.2) is 95.9 Å². The minimum absolute atomic E-state index is 0.275. The van der Waals surface area contributed by atoms with Crippen LogP contribution in [0, 0.1) is 6.92 Å². The molecule has 39 heavy (non-hydrogen) atoms. The maximum absolute atomic E-state index is 11.1. The van der Waals surface area contributed by atoms with Crippen molar-refractivity contribution in [3.05, 3.63) is 108 Å². The molecule has 3 N–H and O–H groups in total. The van der Waals surface area contributed by atoms with E-state index in [4.69, 9.17) is 9.47 Å². The highest BCUT2D eigenvalue weighted by molar-refractivity contribution is 7.98. The van der Waals surface area contributed by atoms with Gasteiger partial charge >= 0.3 is 0 Å². The molecule has 0 amide bonds. The summed E-state index contributed by atoms with van der Waals surface area (Å²) < 4.78 is 13.4. The number of hydrogen-bond donors (Lipinski definition) is 1. The first kappa shape index (κ1) is 30.0. The summed E-state index contributed by atoms with van der Waals surface area (Å²) in [6.45, 7) is 6.36. The van der Waals surface area contributed by atoms with Gasteiger partial charge in [-0.15, -0.1) is 11.8 Å². The summed E-state index contributed by atoms with van der Waals surface area (Å²) in [4.78, 5) is 12.4. The molecule has 0 unspecified atom stereocenters. The van der Waals surface area contributed by atoms with Crippen LogP contribution in [0.2, 0.25) is 0 Å². The highest BCUT2D eigenvalue weighted by Crippen LogP contribution is 2.25. The molecule has 0 aliphatic carbocycles. The number of quaternary nitrogens is 1. The Bertz CT molecular complexity index is 1270. The van der Waals surface area contributed by atoms with E-state index < -0.39 is 12.1 Å². The fourth-order valence-electron chi connectivity index (χ4n) is 4.13. The SMILES string of the molecule is CCO[C@@H](Cc1ccc(OCCn2c(C)ccc2-c2ccc(SC)cc2)cc1)C(=O)[O-].[NH3+]Cc1ccccc1. The number of aromatic nitrogens is 1. The minimum atomic E-state index is -1.19. The second kappa shape index (κ2) is 15.8. The van der Waals surface area contributed by atoms with Gasteiger partial charge in [0.05, 0.1) is 19.1 Å². The molecule has 0 saturated carbocycles. The highest BCUT2D eigenvalue weighted by atomic mass is 32.2. The van der Waals surface area contributed by atoms with E-state index in [2.05, 4.69) is 72.0 Å². The van der Waals surface area contributed by atoms with Crippen LogP contribution < -0.4 is 15.6 Å². The van der Waals surface area contributed by atoms with E-state index in [1.807, 2.05) is 42.5 Å². The van der Waals surface area contributed by atoms with Crippen LogP contribution in [0.4, 0.5) is 0 Å². The van der Waals surface area contributed by atoms with E-state index in [0.29, 0.717) is 13.2 Å². The van der Waals surface area contributed by atoms with Crippen molar-refractivity contribution in [1.29, 1.82) is 0 Å². The second-order valence-corrected chi connectivity index (χ2v) is 9.81. The lowest BCUT2D eigenvalue weighted by molar-refractivity contribution is -0.386. The van der Waals surface area contributed by atoms with Crippen molar-refractivity contribution in [2.45, 2.75) is 44.4 Å². The molecule has 0 saturated heterocycles. The van der Waals surface area contributed by atoms with E-state index >= 15 is 0 Å². The third kappa shape index (κ3) is 9.32. The number of aliphatic carboxylic acids is 1. The summed E-state index contributed by atoms with van der Waals surface area (Å²) in [6.07, 6.45) is 1.42. The molecule has 3 aromatic carbocycles. The van der Waals surface area contributed by atoms with Gasteiger partial charge in [-0.2, -0.15) is 0 Å². The topological polar surface area (TPSA) is 91.2 Å². The average Bonchev–Trinajstić information content (AvgIpc) is 3.34. The first-order chi connectivity index (χ1) is 18.9. The van der Waals surface area contributed by atoms with Gasteiger partial charge < -0.3 is 29.7 Å². The molecule has 1 aromatic heterocycles. The fourth-order valence-corrected chi connectivity index (χ4v) is 4.54. The number of thioether (sulfide) groups is 1. The summed E-state index contributed by atoms with van der Waals surface area (Å²) in [5, 5.41) is 11.1. The van der Waals surface area contributed by atoms with E-state index in [9.17, 15) is 9.90 Å². The Labute approximate surface area is 235 Å². The number of carbonyl (C=O) groups excluding carboxylic acids is 1.